The van der Waals surface area contributed by atoms with Crippen LogP contribution in [-0.2, 0) is 7.05 Å². The van der Waals surface area contributed by atoms with Gasteiger partial charge in [0.25, 0.3) is 5.56 Å². The van der Waals surface area contributed by atoms with E-state index in [9.17, 15) is 9.18 Å². The maximum atomic E-state index is 13.7. The lowest BCUT2D eigenvalue weighted by molar-refractivity contribution is 0.628. The predicted molar refractivity (Wildman–Crippen MR) is 158 cm³/mol. The Hall–Kier alpha value is -4.28. The number of H-pyrrole nitrogens is 1. The lowest BCUT2D eigenvalue weighted by Crippen LogP contribution is -2.19. The summed E-state index contributed by atoms with van der Waals surface area (Å²) < 4.78 is 19.7. The second-order valence-electron chi connectivity index (χ2n) is 8.92. The molecule has 0 unspecified atom stereocenters. The van der Waals surface area contributed by atoms with Crippen molar-refractivity contribution >= 4 is 50.1 Å². The third-order valence-electron chi connectivity index (χ3n) is 6.54. The molecule has 194 valence electrons. The van der Waals surface area contributed by atoms with E-state index in [-0.39, 0.29) is 11.4 Å². The molecule has 10 heteroatoms. The normalized spacial score (nSPS) is 12.3. The van der Waals surface area contributed by atoms with E-state index in [2.05, 4.69) is 20.9 Å². The van der Waals surface area contributed by atoms with Gasteiger partial charge in [0.1, 0.15) is 5.82 Å². The van der Waals surface area contributed by atoms with Crippen LogP contribution in [0, 0.1) is 12.7 Å². The number of fused-ring (bicyclic) bond motifs is 1. The van der Waals surface area contributed by atoms with E-state index in [0.29, 0.717) is 10.5 Å². The summed E-state index contributed by atoms with van der Waals surface area (Å²) in [5.41, 5.74) is 4.96. The molecule has 0 radical (unpaired) electrons. The van der Waals surface area contributed by atoms with Crippen LogP contribution < -0.4 is 10.4 Å². The Labute approximate surface area is 234 Å². The Morgan fingerprint density at radius 1 is 1.05 bits per heavy atom. The summed E-state index contributed by atoms with van der Waals surface area (Å²) in [6, 6.07) is 21.7. The van der Waals surface area contributed by atoms with Crippen LogP contribution in [0.2, 0.25) is 0 Å². The first kappa shape index (κ1) is 25.0. The number of aromatic nitrogens is 4. The van der Waals surface area contributed by atoms with Crippen molar-refractivity contribution in [2.45, 2.75) is 6.92 Å². The van der Waals surface area contributed by atoms with Crippen molar-refractivity contribution in [1.29, 1.82) is 0 Å². The molecule has 0 saturated carbocycles. The fourth-order valence-corrected chi connectivity index (χ4v) is 5.63. The average Bonchev–Trinajstić information content (AvgIpc) is 3.59. The summed E-state index contributed by atoms with van der Waals surface area (Å²) in [4.78, 5) is 22.1. The van der Waals surface area contributed by atoms with Crippen LogP contribution in [0.15, 0.2) is 104 Å². The van der Waals surface area contributed by atoms with Gasteiger partial charge in [-0.05, 0) is 61.5 Å². The maximum absolute atomic E-state index is 13.7. The third kappa shape index (κ3) is 4.62. The molecule has 3 heterocycles. The standard InChI is InChI=1S/C29H22BrFN6OS/c1-18-27(28(38)37(35(18)2)23-6-4-3-5-7-23)34-29-36(26(17-39-29)19-8-11-22(31)12-9-19)33-16-20-15-32-25-13-10-21(30)14-24(20)25/h3-17,32H,1-2H3. The lowest BCUT2D eigenvalue weighted by atomic mass is 10.2. The molecule has 0 aliphatic rings. The van der Waals surface area contributed by atoms with Crippen molar-refractivity contribution in [2.75, 3.05) is 0 Å². The molecular formula is C29H22BrFN6OS. The summed E-state index contributed by atoms with van der Waals surface area (Å²) in [7, 11) is 1.84. The zero-order valence-corrected chi connectivity index (χ0v) is 23.4. The fraction of sp³-hybridized carbons (Fsp3) is 0.0690. The van der Waals surface area contributed by atoms with Crippen LogP contribution in [0.5, 0.6) is 0 Å². The highest BCUT2D eigenvalue weighted by atomic mass is 79.9. The number of hydrogen-bond donors (Lipinski definition) is 1. The van der Waals surface area contributed by atoms with Gasteiger partial charge in [-0.15, -0.1) is 11.3 Å². The third-order valence-corrected chi connectivity index (χ3v) is 7.85. The SMILES string of the molecule is Cc1c(N=c2scc(-c3ccc(F)cc3)n2N=Cc2c[nH]c3ccc(Br)cc23)c(=O)n(-c2ccccc2)n1C. The minimum absolute atomic E-state index is 0.227. The molecule has 0 bridgehead atoms. The maximum Gasteiger partial charge on any atom is 0.297 e. The zero-order valence-electron chi connectivity index (χ0n) is 21.0. The summed E-state index contributed by atoms with van der Waals surface area (Å²) >= 11 is 4.89. The monoisotopic (exact) mass is 600 g/mol. The largest absolute Gasteiger partial charge is 0.361 e. The van der Waals surface area contributed by atoms with Crippen LogP contribution in [0.4, 0.5) is 10.1 Å². The fourth-order valence-electron chi connectivity index (χ4n) is 4.43. The van der Waals surface area contributed by atoms with E-state index >= 15 is 0 Å². The number of nitrogens with one attached hydrogen (secondary N) is 1. The number of rotatable bonds is 5. The van der Waals surface area contributed by atoms with Crippen molar-refractivity contribution in [2.24, 2.45) is 17.1 Å². The first-order valence-electron chi connectivity index (χ1n) is 12.1. The quantitative estimate of drug-likeness (QED) is 0.225. The van der Waals surface area contributed by atoms with Crippen molar-refractivity contribution in [3.63, 3.8) is 0 Å². The Balaban J connectivity index is 1.53. The van der Waals surface area contributed by atoms with Crippen LogP contribution in [0.1, 0.15) is 11.3 Å². The molecule has 0 aliphatic heterocycles. The van der Waals surface area contributed by atoms with Crippen molar-refractivity contribution < 1.29 is 4.39 Å². The highest BCUT2D eigenvalue weighted by Gasteiger charge is 2.17. The van der Waals surface area contributed by atoms with Crippen LogP contribution in [0.3, 0.4) is 0 Å². The molecule has 0 atom stereocenters. The topological polar surface area (TPSA) is 72.4 Å². The molecule has 0 amide bonds. The second-order valence-corrected chi connectivity index (χ2v) is 10.7. The van der Waals surface area contributed by atoms with E-state index < -0.39 is 0 Å². The molecule has 1 N–H and O–H groups in total. The number of aromatic amines is 1. The molecule has 0 fully saturated rings. The van der Waals surface area contributed by atoms with Crippen LogP contribution >= 0.6 is 27.3 Å². The minimum atomic E-state index is -0.320. The van der Waals surface area contributed by atoms with Gasteiger partial charge in [-0.1, -0.05) is 34.1 Å². The van der Waals surface area contributed by atoms with Crippen molar-refractivity contribution in [3.8, 4) is 16.9 Å². The Kier molecular flexibility index (Phi) is 6.49. The molecule has 3 aromatic carbocycles. The van der Waals surface area contributed by atoms with Gasteiger partial charge in [0.05, 0.1) is 23.3 Å². The van der Waals surface area contributed by atoms with Gasteiger partial charge in [0.2, 0.25) is 4.80 Å². The summed E-state index contributed by atoms with van der Waals surface area (Å²) in [6.07, 6.45) is 3.64. The molecule has 6 rings (SSSR count). The number of nitrogens with zero attached hydrogens (tertiary/aromatic N) is 5. The molecule has 6 aromatic rings. The van der Waals surface area contributed by atoms with E-state index in [1.165, 1.54) is 23.5 Å². The second kappa shape index (κ2) is 10.1. The summed E-state index contributed by atoms with van der Waals surface area (Å²) in [6.45, 7) is 1.87. The van der Waals surface area contributed by atoms with Crippen molar-refractivity contribution in [3.05, 3.63) is 121 Å². The first-order chi connectivity index (χ1) is 18.9. The van der Waals surface area contributed by atoms with Gasteiger partial charge in [-0.3, -0.25) is 9.48 Å². The summed E-state index contributed by atoms with van der Waals surface area (Å²) in [5.74, 6) is -0.320. The van der Waals surface area contributed by atoms with Crippen LogP contribution in [-0.4, -0.2) is 25.2 Å². The number of thiazole rings is 1. The van der Waals surface area contributed by atoms with E-state index in [1.54, 1.807) is 32.4 Å². The number of benzene rings is 3. The molecular weight excluding hydrogens is 579 g/mol. The highest BCUT2D eigenvalue weighted by Crippen LogP contribution is 2.24. The van der Waals surface area contributed by atoms with Gasteiger partial charge in [-0.25, -0.2) is 18.7 Å². The molecule has 0 aliphatic carbocycles. The average molecular weight is 602 g/mol. The number of hydrogen-bond acceptors (Lipinski definition) is 4. The molecule has 39 heavy (non-hydrogen) atoms. The Morgan fingerprint density at radius 2 is 1.82 bits per heavy atom. The van der Waals surface area contributed by atoms with Gasteiger partial charge in [-0.2, -0.15) is 5.10 Å². The Bertz CT molecular complexity index is 1980. The number of para-hydroxylation sites is 1. The molecule has 0 saturated heterocycles. The summed E-state index contributed by atoms with van der Waals surface area (Å²) in [5, 5.41) is 7.71. The zero-order chi connectivity index (χ0) is 27.1. The van der Waals surface area contributed by atoms with Gasteiger partial charge in [0.15, 0.2) is 5.69 Å². The number of halogens is 2. The van der Waals surface area contributed by atoms with E-state index in [1.807, 2.05) is 74.1 Å². The van der Waals surface area contributed by atoms with Crippen molar-refractivity contribution in [1.82, 2.24) is 19.0 Å². The smallest absolute Gasteiger partial charge is 0.297 e. The molecule has 0 spiro atoms. The predicted octanol–water partition coefficient (Wildman–Crippen LogP) is 6.51. The van der Waals surface area contributed by atoms with Gasteiger partial charge >= 0.3 is 0 Å². The van der Waals surface area contributed by atoms with E-state index in [4.69, 9.17) is 10.1 Å². The van der Waals surface area contributed by atoms with Crippen LogP contribution in [0.25, 0.3) is 27.8 Å². The molecule has 3 aromatic heterocycles. The Morgan fingerprint density at radius 3 is 2.59 bits per heavy atom. The van der Waals surface area contributed by atoms with Gasteiger partial charge < -0.3 is 4.98 Å². The van der Waals surface area contributed by atoms with E-state index in [0.717, 1.165) is 43.6 Å². The minimum Gasteiger partial charge on any atom is -0.361 e. The van der Waals surface area contributed by atoms with Gasteiger partial charge in [0, 0.05) is 45.1 Å². The lowest BCUT2D eigenvalue weighted by Gasteiger charge is -2.07. The molecule has 7 nitrogen and oxygen atoms in total. The highest BCUT2D eigenvalue weighted by molar-refractivity contribution is 9.10. The first-order valence-corrected chi connectivity index (χ1v) is 13.7.